The van der Waals surface area contributed by atoms with Crippen LogP contribution in [0, 0.1) is 0 Å². The predicted octanol–water partition coefficient (Wildman–Crippen LogP) is 3.98. The van der Waals surface area contributed by atoms with Crippen molar-refractivity contribution >= 4 is 39.9 Å². The van der Waals surface area contributed by atoms with Gasteiger partial charge in [0.1, 0.15) is 11.6 Å². The van der Waals surface area contributed by atoms with Crippen LogP contribution in [0.15, 0.2) is 79.1 Å². The molecule has 1 aliphatic heterocycles. The normalized spacial score (nSPS) is 12.7. The van der Waals surface area contributed by atoms with Crippen LogP contribution in [0.5, 0.6) is 0 Å². The van der Waals surface area contributed by atoms with Crippen LogP contribution in [0.2, 0.25) is 0 Å². The van der Waals surface area contributed by atoms with Gasteiger partial charge < -0.3 is 0 Å². The molecule has 134 valence electrons. The summed E-state index contributed by atoms with van der Waals surface area (Å²) in [6.45, 7) is 0. The SMILES string of the molecule is O=C1NC(=O)c2ccc(N(c3ccccn3)c3ccccn3)c3cccc1c23. The van der Waals surface area contributed by atoms with Crippen LogP contribution < -0.4 is 10.2 Å². The van der Waals surface area contributed by atoms with Crippen LogP contribution in [0.3, 0.4) is 0 Å². The van der Waals surface area contributed by atoms with Gasteiger partial charge in [-0.3, -0.25) is 19.8 Å². The van der Waals surface area contributed by atoms with Crippen LogP contribution in [0.25, 0.3) is 10.8 Å². The van der Waals surface area contributed by atoms with Crippen molar-refractivity contribution in [3.8, 4) is 0 Å². The van der Waals surface area contributed by atoms with Crippen LogP contribution in [0.1, 0.15) is 20.7 Å². The van der Waals surface area contributed by atoms with Crippen molar-refractivity contribution in [2.24, 2.45) is 0 Å². The molecule has 1 aliphatic rings. The highest BCUT2D eigenvalue weighted by atomic mass is 16.2. The van der Waals surface area contributed by atoms with E-state index in [-0.39, 0.29) is 11.8 Å². The molecule has 6 nitrogen and oxygen atoms in total. The maximum absolute atomic E-state index is 12.3. The zero-order valence-corrected chi connectivity index (χ0v) is 14.7. The summed E-state index contributed by atoms with van der Waals surface area (Å²) < 4.78 is 0. The molecule has 6 heteroatoms. The third-order valence-electron chi connectivity index (χ3n) is 4.73. The third-order valence-corrected chi connectivity index (χ3v) is 4.73. The standard InChI is InChI=1S/C22H14N4O2/c27-21-15-7-5-6-14-17(11-10-16(20(14)15)22(28)25-21)26(18-8-1-3-12-23-18)19-9-2-4-13-24-19/h1-13H,(H,25,27,28). The second-order valence-electron chi connectivity index (χ2n) is 6.35. The molecule has 2 aromatic carbocycles. The van der Waals surface area contributed by atoms with Gasteiger partial charge in [0.25, 0.3) is 11.8 Å². The average Bonchev–Trinajstić information content (AvgIpc) is 2.74. The Kier molecular flexibility index (Phi) is 3.62. The molecule has 28 heavy (non-hydrogen) atoms. The van der Waals surface area contributed by atoms with Crippen molar-refractivity contribution in [3.05, 3.63) is 90.3 Å². The summed E-state index contributed by atoms with van der Waals surface area (Å²) in [7, 11) is 0. The van der Waals surface area contributed by atoms with Crippen molar-refractivity contribution in [3.63, 3.8) is 0 Å². The monoisotopic (exact) mass is 366 g/mol. The Morgan fingerprint density at radius 2 is 1.32 bits per heavy atom. The van der Waals surface area contributed by atoms with E-state index in [0.29, 0.717) is 28.1 Å². The number of pyridine rings is 2. The topological polar surface area (TPSA) is 75.2 Å². The summed E-state index contributed by atoms with van der Waals surface area (Å²) >= 11 is 0. The first-order valence-electron chi connectivity index (χ1n) is 8.77. The minimum absolute atomic E-state index is 0.387. The van der Waals surface area contributed by atoms with Gasteiger partial charge in [0.05, 0.1) is 5.69 Å². The molecular weight excluding hydrogens is 352 g/mol. The molecule has 0 saturated carbocycles. The number of hydrogen-bond acceptors (Lipinski definition) is 5. The van der Waals surface area contributed by atoms with Crippen LogP contribution in [0.4, 0.5) is 17.3 Å². The molecule has 1 N–H and O–H groups in total. The fourth-order valence-electron chi connectivity index (χ4n) is 3.54. The average molecular weight is 366 g/mol. The van der Waals surface area contributed by atoms with E-state index in [1.807, 2.05) is 59.5 Å². The summed E-state index contributed by atoms with van der Waals surface area (Å²) in [5, 5.41) is 3.82. The molecule has 5 rings (SSSR count). The number of aromatic nitrogens is 2. The number of rotatable bonds is 3. The molecule has 0 fully saturated rings. The summed E-state index contributed by atoms with van der Waals surface area (Å²) in [6.07, 6.45) is 3.43. The van der Waals surface area contributed by atoms with Gasteiger partial charge in [-0.15, -0.1) is 0 Å². The Labute approximate surface area is 160 Å². The Balaban J connectivity index is 1.84. The minimum atomic E-state index is -0.387. The van der Waals surface area contributed by atoms with Gasteiger partial charge in [0.15, 0.2) is 0 Å². The maximum Gasteiger partial charge on any atom is 0.258 e. The lowest BCUT2D eigenvalue weighted by atomic mass is 9.94. The largest absolute Gasteiger partial charge is 0.288 e. The number of amides is 2. The van der Waals surface area contributed by atoms with Crippen molar-refractivity contribution in [1.29, 1.82) is 0 Å². The number of anilines is 3. The summed E-state index contributed by atoms with van der Waals surface area (Å²) in [5.74, 6) is 0.604. The van der Waals surface area contributed by atoms with Gasteiger partial charge in [-0.05, 0) is 42.5 Å². The lowest BCUT2D eigenvalue weighted by molar-refractivity contribution is 0.0845. The van der Waals surface area contributed by atoms with Crippen LogP contribution >= 0.6 is 0 Å². The molecule has 2 aromatic heterocycles. The number of carbonyl (C=O) groups excluding carboxylic acids is 2. The molecule has 0 aliphatic carbocycles. The predicted molar refractivity (Wildman–Crippen MR) is 106 cm³/mol. The van der Waals surface area contributed by atoms with Crippen molar-refractivity contribution in [1.82, 2.24) is 15.3 Å². The first-order chi connectivity index (χ1) is 13.7. The van der Waals surface area contributed by atoms with Crippen molar-refractivity contribution < 1.29 is 9.59 Å². The first kappa shape index (κ1) is 16.1. The first-order valence-corrected chi connectivity index (χ1v) is 8.77. The van der Waals surface area contributed by atoms with E-state index in [4.69, 9.17) is 0 Å². The quantitative estimate of drug-likeness (QED) is 0.555. The zero-order chi connectivity index (χ0) is 19.1. The molecule has 0 radical (unpaired) electrons. The van der Waals surface area contributed by atoms with E-state index in [0.717, 1.165) is 11.1 Å². The number of carbonyl (C=O) groups is 2. The zero-order valence-electron chi connectivity index (χ0n) is 14.7. The van der Waals surface area contributed by atoms with Crippen LogP contribution in [-0.2, 0) is 0 Å². The van der Waals surface area contributed by atoms with E-state index in [9.17, 15) is 9.59 Å². The second kappa shape index (κ2) is 6.28. The highest BCUT2D eigenvalue weighted by Gasteiger charge is 2.27. The van der Waals surface area contributed by atoms with Gasteiger partial charge in [0.2, 0.25) is 0 Å². The third kappa shape index (κ3) is 2.43. The highest BCUT2D eigenvalue weighted by Crippen LogP contribution is 2.39. The molecule has 2 amide bonds. The fraction of sp³-hybridized carbons (Fsp3) is 0. The molecule has 0 atom stereocenters. The van der Waals surface area contributed by atoms with Gasteiger partial charge in [0, 0.05) is 34.3 Å². The second-order valence-corrected chi connectivity index (χ2v) is 6.35. The molecule has 4 aromatic rings. The molecule has 0 spiro atoms. The molecule has 0 saturated heterocycles. The van der Waals surface area contributed by atoms with E-state index < -0.39 is 0 Å². The van der Waals surface area contributed by atoms with Gasteiger partial charge in [-0.1, -0.05) is 24.3 Å². The number of imide groups is 1. The summed E-state index contributed by atoms with van der Waals surface area (Å²) in [6, 6.07) is 20.3. The Morgan fingerprint density at radius 1 is 0.679 bits per heavy atom. The van der Waals surface area contributed by atoms with Gasteiger partial charge in [-0.2, -0.15) is 0 Å². The summed E-state index contributed by atoms with van der Waals surface area (Å²) in [4.78, 5) is 35.6. The van der Waals surface area contributed by atoms with Crippen LogP contribution in [-0.4, -0.2) is 21.8 Å². The Morgan fingerprint density at radius 3 is 1.93 bits per heavy atom. The molecule has 0 unspecified atom stereocenters. The number of benzene rings is 2. The number of nitrogens with zero attached hydrogens (tertiary/aromatic N) is 3. The van der Waals surface area contributed by atoms with Gasteiger partial charge >= 0.3 is 0 Å². The van der Waals surface area contributed by atoms with E-state index in [1.165, 1.54) is 0 Å². The smallest absolute Gasteiger partial charge is 0.258 e. The molecule has 0 bridgehead atoms. The van der Waals surface area contributed by atoms with Gasteiger partial charge in [-0.25, -0.2) is 9.97 Å². The van der Waals surface area contributed by atoms with Crippen molar-refractivity contribution in [2.45, 2.75) is 0 Å². The fourth-order valence-corrected chi connectivity index (χ4v) is 3.54. The van der Waals surface area contributed by atoms with E-state index in [1.54, 1.807) is 24.5 Å². The van der Waals surface area contributed by atoms with E-state index in [2.05, 4.69) is 15.3 Å². The molecular formula is C22H14N4O2. The number of nitrogens with one attached hydrogen (secondary N) is 1. The minimum Gasteiger partial charge on any atom is -0.288 e. The Bertz CT molecular complexity index is 1160. The lowest BCUT2D eigenvalue weighted by Crippen LogP contribution is -2.34. The van der Waals surface area contributed by atoms with Crippen molar-refractivity contribution in [2.75, 3.05) is 4.90 Å². The highest BCUT2D eigenvalue weighted by molar-refractivity contribution is 6.27. The number of hydrogen-bond donors (Lipinski definition) is 1. The molecule has 3 heterocycles. The van der Waals surface area contributed by atoms with E-state index >= 15 is 0 Å². The Hall–Kier alpha value is -4.06. The maximum atomic E-state index is 12.3. The summed E-state index contributed by atoms with van der Waals surface area (Å²) in [5.41, 5.74) is 1.76. The lowest BCUT2D eigenvalue weighted by Gasteiger charge is -2.26.